The van der Waals surface area contributed by atoms with E-state index in [0.717, 1.165) is 58.0 Å². The quantitative estimate of drug-likeness (QED) is 0.779. The van der Waals surface area contributed by atoms with Gasteiger partial charge in [0, 0.05) is 26.2 Å². The zero-order valence-corrected chi connectivity index (χ0v) is 12.1. The zero-order valence-electron chi connectivity index (χ0n) is 12.1. The SMILES string of the molecule is CCCNCC1CCN(C(=O)N2CCOCC2)CC1. The number of carbonyl (C=O) groups is 1. The molecule has 2 fully saturated rings. The van der Waals surface area contributed by atoms with Crippen LogP contribution in [0.5, 0.6) is 0 Å². The molecule has 0 unspecified atom stereocenters. The molecule has 0 aromatic heterocycles. The fourth-order valence-electron chi connectivity index (χ4n) is 2.77. The van der Waals surface area contributed by atoms with Crippen LogP contribution in [0, 0.1) is 5.92 Å². The Balaban J connectivity index is 1.68. The van der Waals surface area contributed by atoms with E-state index in [4.69, 9.17) is 4.74 Å². The van der Waals surface area contributed by atoms with E-state index in [-0.39, 0.29) is 6.03 Å². The predicted molar refractivity (Wildman–Crippen MR) is 75.2 cm³/mol. The lowest BCUT2D eigenvalue weighted by Crippen LogP contribution is -2.50. The molecule has 5 nitrogen and oxygen atoms in total. The molecule has 0 aromatic rings. The van der Waals surface area contributed by atoms with Crippen molar-refractivity contribution in [3.63, 3.8) is 0 Å². The minimum absolute atomic E-state index is 0.211. The van der Waals surface area contributed by atoms with Crippen molar-refractivity contribution in [2.45, 2.75) is 26.2 Å². The molecule has 2 amide bonds. The predicted octanol–water partition coefficient (Wildman–Crippen LogP) is 1.15. The van der Waals surface area contributed by atoms with Gasteiger partial charge in [-0.2, -0.15) is 0 Å². The Bertz CT molecular complexity index is 272. The number of morpholine rings is 1. The lowest BCUT2D eigenvalue weighted by Gasteiger charge is -2.37. The van der Waals surface area contributed by atoms with Crippen LogP contribution in [0.1, 0.15) is 26.2 Å². The van der Waals surface area contributed by atoms with Crippen LogP contribution in [0.3, 0.4) is 0 Å². The van der Waals surface area contributed by atoms with Crippen LogP contribution in [0.4, 0.5) is 4.79 Å². The minimum Gasteiger partial charge on any atom is -0.378 e. The van der Waals surface area contributed by atoms with Gasteiger partial charge < -0.3 is 19.9 Å². The van der Waals surface area contributed by atoms with Gasteiger partial charge >= 0.3 is 6.03 Å². The summed E-state index contributed by atoms with van der Waals surface area (Å²) in [7, 11) is 0. The number of piperidine rings is 1. The van der Waals surface area contributed by atoms with Crippen molar-refractivity contribution in [1.29, 1.82) is 0 Å². The second kappa shape index (κ2) is 7.70. The molecule has 0 bridgehead atoms. The van der Waals surface area contributed by atoms with Gasteiger partial charge in [-0.15, -0.1) is 0 Å². The molecule has 110 valence electrons. The Morgan fingerprint density at radius 1 is 1.16 bits per heavy atom. The van der Waals surface area contributed by atoms with Gasteiger partial charge in [0.1, 0.15) is 0 Å². The van der Waals surface area contributed by atoms with E-state index in [1.807, 2.05) is 9.80 Å². The summed E-state index contributed by atoms with van der Waals surface area (Å²) >= 11 is 0. The lowest BCUT2D eigenvalue weighted by atomic mass is 9.97. The number of nitrogens with zero attached hydrogens (tertiary/aromatic N) is 2. The van der Waals surface area contributed by atoms with E-state index < -0.39 is 0 Å². The lowest BCUT2D eigenvalue weighted by molar-refractivity contribution is 0.0400. The highest BCUT2D eigenvalue weighted by Gasteiger charge is 2.26. The largest absolute Gasteiger partial charge is 0.378 e. The van der Waals surface area contributed by atoms with Gasteiger partial charge in [0.05, 0.1) is 13.2 Å². The first kappa shape index (κ1) is 14.6. The molecule has 0 aromatic carbocycles. The molecule has 5 heteroatoms. The molecule has 2 aliphatic rings. The molecule has 0 saturated carbocycles. The smallest absolute Gasteiger partial charge is 0.320 e. The van der Waals surface area contributed by atoms with Gasteiger partial charge in [-0.25, -0.2) is 4.79 Å². The first-order valence-corrected chi connectivity index (χ1v) is 7.63. The number of urea groups is 1. The van der Waals surface area contributed by atoms with Gasteiger partial charge in [-0.1, -0.05) is 6.92 Å². The monoisotopic (exact) mass is 269 g/mol. The number of ether oxygens (including phenoxy) is 1. The van der Waals surface area contributed by atoms with Crippen molar-refractivity contribution in [2.24, 2.45) is 5.92 Å². The van der Waals surface area contributed by atoms with E-state index in [9.17, 15) is 4.79 Å². The third-order valence-corrected chi connectivity index (χ3v) is 4.03. The second-order valence-electron chi connectivity index (χ2n) is 5.52. The van der Waals surface area contributed by atoms with Crippen molar-refractivity contribution < 1.29 is 9.53 Å². The van der Waals surface area contributed by atoms with Gasteiger partial charge in [0.2, 0.25) is 0 Å². The normalized spacial score (nSPS) is 21.7. The summed E-state index contributed by atoms with van der Waals surface area (Å²) in [6.07, 6.45) is 3.45. The molecule has 0 aliphatic carbocycles. The highest BCUT2D eigenvalue weighted by Crippen LogP contribution is 2.18. The Labute approximate surface area is 116 Å². The molecule has 2 saturated heterocycles. The van der Waals surface area contributed by atoms with E-state index in [2.05, 4.69) is 12.2 Å². The van der Waals surface area contributed by atoms with E-state index in [1.165, 1.54) is 6.42 Å². The number of rotatable bonds is 4. The van der Waals surface area contributed by atoms with Crippen molar-refractivity contribution >= 4 is 6.03 Å². The molecule has 2 aliphatic heterocycles. The Morgan fingerprint density at radius 3 is 2.42 bits per heavy atom. The maximum absolute atomic E-state index is 12.3. The Morgan fingerprint density at radius 2 is 1.79 bits per heavy atom. The first-order valence-electron chi connectivity index (χ1n) is 7.63. The summed E-state index contributed by atoms with van der Waals surface area (Å²) in [5.74, 6) is 0.736. The fraction of sp³-hybridized carbons (Fsp3) is 0.929. The maximum Gasteiger partial charge on any atom is 0.320 e. The van der Waals surface area contributed by atoms with Crippen molar-refractivity contribution in [3.05, 3.63) is 0 Å². The molecule has 0 radical (unpaired) electrons. The summed E-state index contributed by atoms with van der Waals surface area (Å²) in [5.41, 5.74) is 0. The standard InChI is InChI=1S/C14H27N3O2/c1-2-5-15-12-13-3-6-16(7-4-13)14(18)17-8-10-19-11-9-17/h13,15H,2-12H2,1H3. The highest BCUT2D eigenvalue weighted by atomic mass is 16.5. The third-order valence-electron chi connectivity index (χ3n) is 4.03. The number of amides is 2. The maximum atomic E-state index is 12.3. The number of carbonyl (C=O) groups excluding carboxylic acids is 1. The number of hydrogen-bond donors (Lipinski definition) is 1. The van der Waals surface area contributed by atoms with Gasteiger partial charge in [-0.05, 0) is 38.3 Å². The molecule has 0 atom stereocenters. The number of hydrogen-bond acceptors (Lipinski definition) is 3. The number of likely N-dealkylation sites (tertiary alicyclic amines) is 1. The molecule has 0 spiro atoms. The molecule has 19 heavy (non-hydrogen) atoms. The zero-order chi connectivity index (χ0) is 13.5. The number of nitrogens with one attached hydrogen (secondary N) is 1. The summed E-state index contributed by atoms with van der Waals surface area (Å²) < 4.78 is 5.29. The average Bonchev–Trinajstić information content (AvgIpc) is 2.48. The van der Waals surface area contributed by atoms with Crippen LogP contribution in [0.15, 0.2) is 0 Å². The minimum atomic E-state index is 0.211. The first-order chi connectivity index (χ1) is 9.31. The van der Waals surface area contributed by atoms with Crippen LogP contribution in [0.2, 0.25) is 0 Å². The Hall–Kier alpha value is -0.810. The van der Waals surface area contributed by atoms with E-state index >= 15 is 0 Å². The fourth-order valence-corrected chi connectivity index (χ4v) is 2.77. The van der Waals surface area contributed by atoms with Gasteiger partial charge in [0.25, 0.3) is 0 Å². The second-order valence-corrected chi connectivity index (χ2v) is 5.52. The van der Waals surface area contributed by atoms with Crippen LogP contribution < -0.4 is 5.32 Å². The Kier molecular flexibility index (Phi) is 5.92. The molecule has 2 rings (SSSR count). The van der Waals surface area contributed by atoms with Crippen LogP contribution in [-0.2, 0) is 4.74 Å². The summed E-state index contributed by atoms with van der Waals surface area (Å²) in [5, 5.41) is 3.48. The van der Waals surface area contributed by atoms with Crippen molar-refractivity contribution in [1.82, 2.24) is 15.1 Å². The summed E-state index contributed by atoms with van der Waals surface area (Å²) in [6.45, 7) is 9.08. The summed E-state index contributed by atoms with van der Waals surface area (Å²) in [6, 6.07) is 0.211. The highest BCUT2D eigenvalue weighted by molar-refractivity contribution is 5.74. The van der Waals surface area contributed by atoms with E-state index in [0.29, 0.717) is 13.2 Å². The van der Waals surface area contributed by atoms with Crippen molar-refractivity contribution in [3.8, 4) is 0 Å². The van der Waals surface area contributed by atoms with E-state index in [1.54, 1.807) is 0 Å². The third kappa shape index (κ3) is 4.35. The molecule has 2 heterocycles. The average molecular weight is 269 g/mol. The van der Waals surface area contributed by atoms with Gasteiger partial charge in [-0.3, -0.25) is 0 Å². The van der Waals surface area contributed by atoms with Crippen LogP contribution in [0.25, 0.3) is 0 Å². The van der Waals surface area contributed by atoms with Gasteiger partial charge in [0.15, 0.2) is 0 Å². The van der Waals surface area contributed by atoms with Crippen LogP contribution >= 0.6 is 0 Å². The molecular weight excluding hydrogens is 242 g/mol. The van der Waals surface area contributed by atoms with Crippen LogP contribution in [-0.4, -0.2) is 68.3 Å². The molecular formula is C14H27N3O2. The van der Waals surface area contributed by atoms with Crippen molar-refractivity contribution in [2.75, 3.05) is 52.5 Å². The topological polar surface area (TPSA) is 44.8 Å². The summed E-state index contributed by atoms with van der Waals surface area (Å²) in [4.78, 5) is 16.2. The molecule has 1 N–H and O–H groups in total.